The molecule has 0 fully saturated rings. The number of esters is 1. The van der Waals surface area contributed by atoms with E-state index in [-0.39, 0.29) is 33.6 Å². The van der Waals surface area contributed by atoms with E-state index in [1.807, 2.05) is 0 Å². The molecule has 3 rings (SSSR count). The number of rotatable bonds is 2. The monoisotopic (exact) mass is 310 g/mol. The van der Waals surface area contributed by atoms with Crippen LogP contribution >= 0.6 is 0 Å². The van der Waals surface area contributed by atoms with E-state index < -0.39 is 23.5 Å². The smallest absolute Gasteiger partial charge is 0.335 e. The van der Waals surface area contributed by atoms with E-state index in [2.05, 4.69) is 0 Å². The van der Waals surface area contributed by atoms with Crippen LogP contribution in [0.3, 0.4) is 0 Å². The highest BCUT2D eigenvalue weighted by molar-refractivity contribution is 6.29. The molecule has 0 amide bonds. The molecule has 1 N–H and O–H groups in total. The average Bonchev–Trinajstić information content (AvgIpc) is 2.51. The van der Waals surface area contributed by atoms with Crippen molar-refractivity contribution in [2.45, 2.75) is 6.92 Å². The second-order valence-electron chi connectivity index (χ2n) is 5.00. The molecule has 114 valence electrons. The molecule has 0 aliphatic heterocycles. The van der Waals surface area contributed by atoms with Crippen molar-refractivity contribution in [3.05, 3.63) is 64.2 Å². The minimum absolute atomic E-state index is 0.0788. The van der Waals surface area contributed by atoms with Gasteiger partial charge in [0.2, 0.25) is 0 Å². The molecule has 0 aromatic heterocycles. The molecule has 23 heavy (non-hydrogen) atoms. The van der Waals surface area contributed by atoms with Crippen molar-refractivity contribution in [3.8, 4) is 5.75 Å². The molecule has 0 spiro atoms. The minimum atomic E-state index is -1.29. The van der Waals surface area contributed by atoms with Crippen molar-refractivity contribution < 1.29 is 29.0 Å². The Morgan fingerprint density at radius 1 is 0.957 bits per heavy atom. The first kappa shape index (κ1) is 14.6. The third-order valence-corrected chi connectivity index (χ3v) is 3.49. The fourth-order valence-electron chi connectivity index (χ4n) is 2.55. The highest BCUT2D eigenvalue weighted by Gasteiger charge is 2.33. The third kappa shape index (κ3) is 2.30. The van der Waals surface area contributed by atoms with Crippen molar-refractivity contribution in [2.75, 3.05) is 0 Å². The molecule has 1 aliphatic carbocycles. The van der Waals surface area contributed by atoms with Gasteiger partial charge in [-0.15, -0.1) is 0 Å². The molecule has 0 saturated heterocycles. The summed E-state index contributed by atoms with van der Waals surface area (Å²) in [5.74, 6) is -3.19. The number of benzene rings is 2. The minimum Gasteiger partial charge on any atom is -0.478 e. The SMILES string of the molecule is CC(=O)Oc1cc(C(=O)O)cc2c1C(=O)c1ccccc1C2=O. The van der Waals surface area contributed by atoms with Crippen molar-refractivity contribution in [3.63, 3.8) is 0 Å². The van der Waals surface area contributed by atoms with Crippen LogP contribution in [0.25, 0.3) is 0 Å². The molecule has 0 bridgehead atoms. The zero-order valence-electron chi connectivity index (χ0n) is 12.0. The number of hydrogen-bond donors (Lipinski definition) is 1. The summed E-state index contributed by atoms with van der Waals surface area (Å²) in [7, 11) is 0. The van der Waals surface area contributed by atoms with Crippen LogP contribution in [0.5, 0.6) is 5.75 Å². The lowest BCUT2D eigenvalue weighted by Gasteiger charge is -2.20. The first-order valence-corrected chi connectivity index (χ1v) is 6.68. The number of carbonyl (C=O) groups is 4. The maximum absolute atomic E-state index is 12.6. The summed E-state index contributed by atoms with van der Waals surface area (Å²) in [5, 5.41) is 9.16. The van der Waals surface area contributed by atoms with Gasteiger partial charge in [0.25, 0.3) is 0 Å². The first-order valence-electron chi connectivity index (χ1n) is 6.68. The molecular weight excluding hydrogens is 300 g/mol. The van der Waals surface area contributed by atoms with Gasteiger partial charge in [0.05, 0.1) is 11.1 Å². The fourth-order valence-corrected chi connectivity index (χ4v) is 2.55. The first-order chi connectivity index (χ1) is 10.9. The van der Waals surface area contributed by atoms with E-state index in [0.717, 1.165) is 19.1 Å². The van der Waals surface area contributed by atoms with Gasteiger partial charge in [-0.05, 0) is 12.1 Å². The standard InChI is InChI=1S/C17H10O6/c1-8(18)23-13-7-9(17(21)22)6-12-14(13)16(20)11-5-3-2-4-10(11)15(12)19/h2-7H,1H3,(H,21,22). The number of ether oxygens (including phenoxy) is 1. The number of ketones is 2. The summed E-state index contributed by atoms with van der Waals surface area (Å²) in [6, 6.07) is 8.43. The summed E-state index contributed by atoms with van der Waals surface area (Å²) < 4.78 is 4.96. The average molecular weight is 310 g/mol. The second kappa shape index (κ2) is 5.17. The molecule has 2 aromatic rings. The Labute approximate surface area is 130 Å². The number of fused-ring (bicyclic) bond motifs is 2. The molecule has 0 radical (unpaired) electrons. The van der Waals surface area contributed by atoms with Gasteiger partial charge in [-0.2, -0.15) is 0 Å². The lowest BCUT2D eigenvalue weighted by atomic mass is 9.83. The molecule has 0 unspecified atom stereocenters. The van der Waals surface area contributed by atoms with Crippen LogP contribution in [0.4, 0.5) is 0 Å². The van der Waals surface area contributed by atoms with Gasteiger partial charge < -0.3 is 9.84 Å². The molecule has 0 atom stereocenters. The van der Waals surface area contributed by atoms with Gasteiger partial charge in [0.1, 0.15) is 5.75 Å². The number of carbonyl (C=O) groups excluding carboxylic acids is 3. The lowest BCUT2D eigenvalue weighted by Crippen LogP contribution is -2.23. The van der Waals surface area contributed by atoms with E-state index >= 15 is 0 Å². The number of carboxylic acids is 1. The summed E-state index contributed by atoms with van der Waals surface area (Å²) in [5.41, 5.74) is -0.0120. The summed E-state index contributed by atoms with van der Waals surface area (Å²) in [6.07, 6.45) is 0. The Morgan fingerprint density at radius 2 is 1.57 bits per heavy atom. The van der Waals surface area contributed by atoms with E-state index in [0.29, 0.717) is 0 Å². The van der Waals surface area contributed by atoms with Crippen molar-refractivity contribution >= 4 is 23.5 Å². The lowest BCUT2D eigenvalue weighted by molar-refractivity contribution is -0.131. The normalized spacial score (nSPS) is 12.4. The predicted octanol–water partition coefficient (Wildman–Crippen LogP) is 2.09. The quantitative estimate of drug-likeness (QED) is 0.575. The van der Waals surface area contributed by atoms with Crippen LogP contribution in [0.15, 0.2) is 36.4 Å². The van der Waals surface area contributed by atoms with Crippen LogP contribution in [0, 0.1) is 0 Å². The van der Waals surface area contributed by atoms with Crippen LogP contribution in [0.2, 0.25) is 0 Å². The van der Waals surface area contributed by atoms with Gasteiger partial charge >= 0.3 is 11.9 Å². The van der Waals surface area contributed by atoms with E-state index in [9.17, 15) is 19.2 Å². The molecule has 2 aromatic carbocycles. The fraction of sp³-hybridized carbons (Fsp3) is 0.0588. The van der Waals surface area contributed by atoms with Crippen LogP contribution < -0.4 is 4.74 Å². The largest absolute Gasteiger partial charge is 0.478 e. The van der Waals surface area contributed by atoms with E-state index in [4.69, 9.17) is 9.84 Å². The van der Waals surface area contributed by atoms with E-state index in [1.54, 1.807) is 12.1 Å². The maximum Gasteiger partial charge on any atom is 0.335 e. The van der Waals surface area contributed by atoms with Gasteiger partial charge in [-0.25, -0.2) is 4.79 Å². The molecule has 1 aliphatic rings. The number of hydrogen-bond acceptors (Lipinski definition) is 5. The Morgan fingerprint density at radius 3 is 2.13 bits per heavy atom. The molecule has 6 nitrogen and oxygen atoms in total. The Balaban J connectivity index is 2.32. The number of aromatic carboxylic acids is 1. The zero-order valence-corrected chi connectivity index (χ0v) is 12.0. The summed E-state index contributed by atoms with van der Waals surface area (Å²) in [6.45, 7) is 1.13. The van der Waals surface area contributed by atoms with Crippen molar-refractivity contribution in [2.24, 2.45) is 0 Å². The number of carboxylic acid groups (broad SMARTS) is 1. The van der Waals surface area contributed by atoms with Crippen molar-refractivity contribution in [1.29, 1.82) is 0 Å². The summed E-state index contributed by atoms with van der Waals surface area (Å²) in [4.78, 5) is 47.7. The highest BCUT2D eigenvalue weighted by Crippen LogP contribution is 2.34. The van der Waals surface area contributed by atoms with Crippen molar-refractivity contribution in [1.82, 2.24) is 0 Å². The van der Waals surface area contributed by atoms with Crippen LogP contribution in [-0.2, 0) is 4.79 Å². The Bertz CT molecular complexity index is 894. The third-order valence-electron chi connectivity index (χ3n) is 3.49. The second-order valence-corrected chi connectivity index (χ2v) is 5.00. The molecule has 0 saturated carbocycles. The topological polar surface area (TPSA) is 97.7 Å². The zero-order chi connectivity index (χ0) is 16.7. The predicted molar refractivity (Wildman–Crippen MR) is 78.0 cm³/mol. The van der Waals surface area contributed by atoms with Crippen LogP contribution in [-0.4, -0.2) is 28.6 Å². The van der Waals surface area contributed by atoms with E-state index in [1.165, 1.54) is 12.1 Å². The van der Waals surface area contributed by atoms with Gasteiger partial charge in [0.15, 0.2) is 11.6 Å². The maximum atomic E-state index is 12.6. The van der Waals surface area contributed by atoms with Gasteiger partial charge in [-0.1, -0.05) is 24.3 Å². The van der Waals surface area contributed by atoms with Gasteiger partial charge in [0, 0.05) is 23.6 Å². The highest BCUT2D eigenvalue weighted by atomic mass is 16.5. The van der Waals surface area contributed by atoms with Crippen LogP contribution in [0.1, 0.15) is 49.1 Å². The Kier molecular flexibility index (Phi) is 3.29. The summed E-state index contributed by atoms with van der Waals surface area (Å²) >= 11 is 0. The molecular formula is C17H10O6. The van der Waals surface area contributed by atoms with Gasteiger partial charge in [-0.3, -0.25) is 14.4 Å². The molecule has 0 heterocycles. The molecule has 6 heteroatoms. The Hall–Kier alpha value is -3.28.